The van der Waals surface area contributed by atoms with E-state index in [1.54, 1.807) is 41.3 Å². The normalized spacial score (nSPS) is 11.2. The Bertz CT molecular complexity index is 891. The molecule has 0 fully saturated rings. The first kappa shape index (κ1) is 17.5. The first-order valence-corrected chi connectivity index (χ1v) is 7.73. The molecule has 2 aromatic carbocycles. The Morgan fingerprint density at radius 3 is 2.62 bits per heavy atom. The van der Waals surface area contributed by atoms with Crippen LogP contribution in [0.3, 0.4) is 0 Å². The zero-order valence-corrected chi connectivity index (χ0v) is 13.5. The van der Waals surface area contributed by atoms with E-state index in [2.05, 4.69) is 15.7 Å². The van der Waals surface area contributed by atoms with Crippen molar-refractivity contribution in [3.63, 3.8) is 0 Å². The summed E-state index contributed by atoms with van der Waals surface area (Å²) in [5.74, 6) is 0. The van der Waals surface area contributed by atoms with Crippen molar-refractivity contribution in [3.8, 4) is 5.69 Å². The van der Waals surface area contributed by atoms with Gasteiger partial charge >= 0.3 is 12.2 Å². The lowest BCUT2D eigenvalue weighted by atomic mass is 10.1. The van der Waals surface area contributed by atoms with Crippen molar-refractivity contribution in [2.45, 2.75) is 12.7 Å². The molecule has 5 nitrogen and oxygen atoms in total. The smallest absolute Gasteiger partial charge is 0.334 e. The summed E-state index contributed by atoms with van der Waals surface area (Å²) in [6.07, 6.45) is -1.06. The van der Waals surface area contributed by atoms with Crippen LogP contribution in [0.4, 0.5) is 23.7 Å². The van der Waals surface area contributed by atoms with E-state index in [9.17, 15) is 18.0 Å². The van der Waals surface area contributed by atoms with E-state index in [4.69, 9.17) is 0 Å². The highest BCUT2D eigenvalue weighted by Gasteiger charge is 2.30. The Morgan fingerprint density at radius 2 is 1.88 bits per heavy atom. The molecule has 0 aliphatic carbocycles. The number of anilines is 1. The SMILES string of the molecule is O=C(NCc1cccc(C(F)(F)F)c1)Nc1ccccc1-n1cccn1. The maximum atomic E-state index is 12.7. The topological polar surface area (TPSA) is 59.0 Å². The van der Waals surface area contributed by atoms with Crippen LogP contribution in [0, 0.1) is 0 Å². The van der Waals surface area contributed by atoms with Gasteiger partial charge in [-0.2, -0.15) is 18.3 Å². The zero-order valence-electron chi connectivity index (χ0n) is 13.5. The third-order valence-corrected chi connectivity index (χ3v) is 3.61. The molecule has 0 aliphatic heterocycles. The predicted molar refractivity (Wildman–Crippen MR) is 90.9 cm³/mol. The summed E-state index contributed by atoms with van der Waals surface area (Å²) < 4.78 is 39.8. The van der Waals surface area contributed by atoms with Gasteiger partial charge in [0.15, 0.2) is 0 Å². The molecule has 0 saturated carbocycles. The number of rotatable bonds is 4. The number of hydrogen-bond donors (Lipinski definition) is 2. The molecule has 0 aliphatic rings. The van der Waals surface area contributed by atoms with Crippen molar-refractivity contribution in [3.05, 3.63) is 78.1 Å². The van der Waals surface area contributed by atoms with Crippen LogP contribution in [0.5, 0.6) is 0 Å². The number of amides is 2. The molecule has 1 heterocycles. The number of carbonyl (C=O) groups excluding carboxylic acids is 1. The van der Waals surface area contributed by atoms with Crippen molar-refractivity contribution in [2.24, 2.45) is 0 Å². The number of nitrogens with zero attached hydrogens (tertiary/aromatic N) is 2. The van der Waals surface area contributed by atoms with Crippen LogP contribution < -0.4 is 10.6 Å². The van der Waals surface area contributed by atoms with Crippen LogP contribution in [0.15, 0.2) is 67.0 Å². The molecule has 2 N–H and O–H groups in total. The Kier molecular flexibility index (Phi) is 4.92. The van der Waals surface area contributed by atoms with Crippen molar-refractivity contribution in [2.75, 3.05) is 5.32 Å². The fraction of sp³-hybridized carbons (Fsp3) is 0.111. The zero-order chi connectivity index (χ0) is 18.6. The first-order chi connectivity index (χ1) is 12.4. The van der Waals surface area contributed by atoms with Gasteiger partial charge in [0.1, 0.15) is 0 Å². The molecular weight excluding hydrogens is 345 g/mol. The van der Waals surface area contributed by atoms with Crippen LogP contribution in [0.2, 0.25) is 0 Å². The predicted octanol–water partition coefficient (Wildman–Crippen LogP) is 4.21. The molecule has 134 valence electrons. The molecule has 3 aromatic rings. The lowest BCUT2D eigenvalue weighted by molar-refractivity contribution is -0.137. The number of benzene rings is 2. The summed E-state index contributed by atoms with van der Waals surface area (Å²) in [7, 11) is 0. The lowest BCUT2D eigenvalue weighted by Crippen LogP contribution is -2.28. The minimum absolute atomic E-state index is 0.0281. The summed E-state index contributed by atoms with van der Waals surface area (Å²) in [5, 5.41) is 9.35. The quantitative estimate of drug-likeness (QED) is 0.732. The van der Waals surface area contributed by atoms with Gasteiger partial charge in [-0.05, 0) is 35.9 Å². The minimum atomic E-state index is -4.42. The summed E-state index contributed by atoms with van der Waals surface area (Å²) in [6, 6.07) is 13.1. The molecule has 0 unspecified atom stereocenters. The van der Waals surface area contributed by atoms with Crippen LogP contribution in [-0.4, -0.2) is 15.8 Å². The molecule has 0 atom stereocenters. The maximum Gasteiger partial charge on any atom is 0.416 e. The molecule has 0 spiro atoms. The van der Waals surface area contributed by atoms with Gasteiger partial charge in [-0.25, -0.2) is 9.48 Å². The Labute approximate surface area is 147 Å². The summed E-state index contributed by atoms with van der Waals surface area (Å²) in [4.78, 5) is 12.1. The van der Waals surface area contributed by atoms with Crippen molar-refractivity contribution >= 4 is 11.7 Å². The monoisotopic (exact) mass is 360 g/mol. The van der Waals surface area contributed by atoms with E-state index in [1.807, 2.05) is 6.07 Å². The van der Waals surface area contributed by atoms with Gasteiger partial charge in [-0.1, -0.05) is 24.3 Å². The van der Waals surface area contributed by atoms with Crippen LogP contribution >= 0.6 is 0 Å². The number of carbonyl (C=O) groups is 1. The highest BCUT2D eigenvalue weighted by atomic mass is 19.4. The van der Waals surface area contributed by atoms with E-state index in [0.717, 1.165) is 12.1 Å². The number of aromatic nitrogens is 2. The highest BCUT2D eigenvalue weighted by Crippen LogP contribution is 2.29. The fourth-order valence-electron chi connectivity index (χ4n) is 2.40. The number of para-hydroxylation sites is 2. The van der Waals surface area contributed by atoms with E-state index in [0.29, 0.717) is 16.9 Å². The van der Waals surface area contributed by atoms with Crippen LogP contribution in [-0.2, 0) is 12.7 Å². The van der Waals surface area contributed by atoms with Gasteiger partial charge in [0.05, 0.1) is 16.9 Å². The molecule has 0 saturated heterocycles. The summed E-state index contributed by atoms with van der Waals surface area (Å²) in [5.41, 5.74) is 0.807. The van der Waals surface area contributed by atoms with E-state index >= 15 is 0 Å². The molecule has 8 heteroatoms. The van der Waals surface area contributed by atoms with Gasteiger partial charge in [0.2, 0.25) is 0 Å². The number of urea groups is 1. The third kappa shape index (κ3) is 4.21. The van der Waals surface area contributed by atoms with Gasteiger partial charge < -0.3 is 10.6 Å². The van der Waals surface area contributed by atoms with Gasteiger partial charge in [0, 0.05) is 18.9 Å². The third-order valence-electron chi connectivity index (χ3n) is 3.61. The van der Waals surface area contributed by atoms with Crippen molar-refractivity contribution < 1.29 is 18.0 Å². The number of nitrogens with one attached hydrogen (secondary N) is 2. The molecule has 2 amide bonds. The molecule has 3 rings (SSSR count). The van der Waals surface area contributed by atoms with Gasteiger partial charge in [0.25, 0.3) is 0 Å². The van der Waals surface area contributed by atoms with Gasteiger partial charge in [-0.15, -0.1) is 0 Å². The average molecular weight is 360 g/mol. The highest BCUT2D eigenvalue weighted by molar-refractivity contribution is 5.91. The number of hydrogen-bond acceptors (Lipinski definition) is 2. The molecule has 0 bridgehead atoms. The van der Waals surface area contributed by atoms with Crippen LogP contribution in [0.25, 0.3) is 5.69 Å². The van der Waals surface area contributed by atoms with E-state index in [1.165, 1.54) is 12.1 Å². The Balaban J connectivity index is 1.66. The second-order valence-corrected chi connectivity index (χ2v) is 5.47. The molecule has 1 aromatic heterocycles. The summed E-state index contributed by atoms with van der Waals surface area (Å²) >= 11 is 0. The average Bonchev–Trinajstić information content (AvgIpc) is 3.14. The maximum absolute atomic E-state index is 12.7. The van der Waals surface area contributed by atoms with E-state index < -0.39 is 17.8 Å². The largest absolute Gasteiger partial charge is 0.416 e. The van der Waals surface area contributed by atoms with Crippen molar-refractivity contribution in [1.82, 2.24) is 15.1 Å². The standard InChI is InChI=1S/C18H15F3N4O/c19-18(20,21)14-6-3-5-13(11-14)12-22-17(26)24-15-7-1-2-8-16(15)25-10-4-9-23-25/h1-11H,12H2,(H2,22,24,26). The van der Waals surface area contributed by atoms with Crippen molar-refractivity contribution in [1.29, 1.82) is 0 Å². The summed E-state index contributed by atoms with van der Waals surface area (Å²) in [6.45, 7) is -0.0281. The molecular formula is C18H15F3N4O. The molecule has 26 heavy (non-hydrogen) atoms. The van der Waals surface area contributed by atoms with E-state index in [-0.39, 0.29) is 6.54 Å². The lowest BCUT2D eigenvalue weighted by Gasteiger charge is -2.13. The fourth-order valence-corrected chi connectivity index (χ4v) is 2.40. The van der Waals surface area contributed by atoms with Crippen LogP contribution in [0.1, 0.15) is 11.1 Å². The second-order valence-electron chi connectivity index (χ2n) is 5.47. The first-order valence-electron chi connectivity index (χ1n) is 7.73. The number of alkyl halides is 3. The minimum Gasteiger partial charge on any atom is -0.334 e. The Morgan fingerprint density at radius 1 is 1.08 bits per heavy atom. The molecule has 0 radical (unpaired) electrons. The Hall–Kier alpha value is -3.29. The number of halogens is 3. The second kappa shape index (κ2) is 7.30. The van der Waals surface area contributed by atoms with Gasteiger partial charge in [-0.3, -0.25) is 0 Å².